The molecule has 0 atom stereocenters. The van der Waals surface area contributed by atoms with Crippen LogP contribution in [0.5, 0.6) is 0 Å². The van der Waals surface area contributed by atoms with Crippen molar-refractivity contribution in [1.82, 2.24) is 0 Å². The zero-order valence-corrected chi connectivity index (χ0v) is 26.8. The Bertz CT molecular complexity index is 1830. The third-order valence-electron chi connectivity index (χ3n) is 7.89. The summed E-state index contributed by atoms with van der Waals surface area (Å²) in [6, 6.07) is 27.5. The molecule has 198 valence electrons. The van der Waals surface area contributed by atoms with Crippen molar-refractivity contribution in [1.29, 1.82) is 0 Å². The SMILES string of the molecule is Cc1ccc(-c2cc3c(-c4c(C)cccc4C)c4sc(-c5ccc(C)s5)cc4c(-c4c(C)cccc4C)c3s2)s1. The van der Waals surface area contributed by atoms with Crippen LogP contribution in [0.25, 0.3) is 61.9 Å². The van der Waals surface area contributed by atoms with E-state index in [0.717, 1.165) is 0 Å². The first-order valence-corrected chi connectivity index (χ1v) is 16.9. The Balaban J connectivity index is 1.70. The molecule has 7 aromatic rings. The summed E-state index contributed by atoms with van der Waals surface area (Å²) in [7, 11) is 0. The summed E-state index contributed by atoms with van der Waals surface area (Å²) in [5.74, 6) is 0. The van der Waals surface area contributed by atoms with Gasteiger partial charge in [-0.1, -0.05) is 36.4 Å². The summed E-state index contributed by atoms with van der Waals surface area (Å²) >= 11 is 7.72. The maximum absolute atomic E-state index is 2.48. The van der Waals surface area contributed by atoms with Crippen LogP contribution >= 0.6 is 45.3 Å². The van der Waals surface area contributed by atoms with Gasteiger partial charge in [-0.05, 0) is 111 Å². The van der Waals surface area contributed by atoms with Crippen LogP contribution in [0.3, 0.4) is 0 Å². The van der Waals surface area contributed by atoms with E-state index < -0.39 is 0 Å². The lowest BCUT2D eigenvalue weighted by molar-refractivity contribution is 1.39. The molecule has 7 rings (SSSR count). The third-order valence-corrected chi connectivity index (χ3v) is 12.6. The van der Waals surface area contributed by atoms with Gasteiger partial charge in [0.2, 0.25) is 0 Å². The molecule has 0 amide bonds. The fourth-order valence-corrected chi connectivity index (χ4v) is 10.4. The highest BCUT2D eigenvalue weighted by Crippen LogP contribution is 2.54. The van der Waals surface area contributed by atoms with Crippen molar-refractivity contribution in [2.24, 2.45) is 0 Å². The van der Waals surface area contributed by atoms with Gasteiger partial charge in [0.1, 0.15) is 0 Å². The van der Waals surface area contributed by atoms with Gasteiger partial charge < -0.3 is 0 Å². The number of aryl methyl sites for hydroxylation is 6. The maximum atomic E-state index is 2.48. The number of thiophene rings is 4. The molecule has 0 fully saturated rings. The van der Waals surface area contributed by atoms with E-state index in [1.165, 1.54) is 93.9 Å². The Morgan fingerprint density at radius 2 is 0.750 bits per heavy atom. The van der Waals surface area contributed by atoms with Crippen molar-refractivity contribution in [3.05, 3.63) is 105 Å². The highest BCUT2D eigenvalue weighted by molar-refractivity contribution is 7.28. The predicted molar refractivity (Wildman–Crippen MR) is 183 cm³/mol. The Labute approximate surface area is 252 Å². The average molecular weight is 591 g/mol. The van der Waals surface area contributed by atoms with Crippen LogP contribution in [0, 0.1) is 41.5 Å². The fraction of sp³-hybridized carbons (Fsp3) is 0.167. The van der Waals surface area contributed by atoms with Crippen LogP contribution in [0.1, 0.15) is 32.0 Å². The third kappa shape index (κ3) is 4.12. The summed E-state index contributed by atoms with van der Waals surface area (Å²) in [4.78, 5) is 8.15. The fourth-order valence-electron chi connectivity index (χ4n) is 6.06. The molecule has 40 heavy (non-hydrogen) atoms. The largest absolute Gasteiger partial charge is 0.140 e. The van der Waals surface area contributed by atoms with Gasteiger partial charge >= 0.3 is 0 Å². The van der Waals surface area contributed by atoms with E-state index in [-0.39, 0.29) is 0 Å². The zero-order chi connectivity index (χ0) is 27.7. The molecule has 0 saturated carbocycles. The van der Waals surface area contributed by atoms with E-state index >= 15 is 0 Å². The molecule has 0 aliphatic heterocycles. The Hall–Kier alpha value is -3.02. The van der Waals surface area contributed by atoms with Gasteiger partial charge in [0, 0.05) is 60.6 Å². The van der Waals surface area contributed by atoms with E-state index in [4.69, 9.17) is 0 Å². The van der Waals surface area contributed by atoms with Gasteiger partial charge in [-0.25, -0.2) is 0 Å². The smallest absolute Gasteiger partial charge is 0.0455 e. The molecular weight excluding hydrogens is 561 g/mol. The highest BCUT2D eigenvalue weighted by Gasteiger charge is 2.25. The second-order valence-corrected chi connectivity index (χ2v) is 15.5. The number of hydrogen-bond donors (Lipinski definition) is 0. The van der Waals surface area contributed by atoms with E-state index in [0.29, 0.717) is 0 Å². The first kappa shape index (κ1) is 25.9. The van der Waals surface area contributed by atoms with Crippen LogP contribution in [-0.4, -0.2) is 0 Å². The zero-order valence-electron chi connectivity index (χ0n) is 23.6. The summed E-state index contributed by atoms with van der Waals surface area (Å²) in [5.41, 5.74) is 10.9. The Morgan fingerprint density at radius 1 is 0.375 bits per heavy atom. The molecule has 3 aromatic carbocycles. The minimum absolute atomic E-state index is 1.34. The van der Waals surface area contributed by atoms with Gasteiger partial charge in [0.25, 0.3) is 0 Å². The molecule has 4 heteroatoms. The van der Waals surface area contributed by atoms with E-state index in [9.17, 15) is 0 Å². The molecule has 0 saturated heterocycles. The quantitative estimate of drug-likeness (QED) is 0.191. The van der Waals surface area contributed by atoms with Crippen LogP contribution < -0.4 is 0 Å². The predicted octanol–water partition coefficient (Wildman–Crippen LogP) is 12.8. The summed E-state index contributed by atoms with van der Waals surface area (Å²) in [6.07, 6.45) is 0. The van der Waals surface area contributed by atoms with Crippen molar-refractivity contribution in [3.63, 3.8) is 0 Å². The summed E-state index contributed by atoms with van der Waals surface area (Å²) < 4.78 is 2.80. The van der Waals surface area contributed by atoms with Crippen molar-refractivity contribution < 1.29 is 0 Å². The maximum Gasteiger partial charge on any atom is 0.0455 e. The second kappa shape index (κ2) is 9.81. The van der Waals surface area contributed by atoms with Crippen LogP contribution in [-0.2, 0) is 0 Å². The van der Waals surface area contributed by atoms with E-state index in [1.54, 1.807) is 0 Å². The second-order valence-electron chi connectivity index (χ2n) is 10.8. The molecule has 0 aliphatic rings. The molecule has 0 nitrogen and oxygen atoms in total. The molecule has 4 heterocycles. The molecule has 0 bridgehead atoms. The minimum atomic E-state index is 1.34. The highest BCUT2D eigenvalue weighted by atomic mass is 32.1. The van der Waals surface area contributed by atoms with Crippen molar-refractivity contribution in [2.75, 3.05) is 0 Å². The molecule has 0 aliphatic carbocycles. The first-order valence-electron chi connectivity index (χ1n) is 13.6. The summed E-state index contributed by atoms with van der Waals surface area (Å²) in [5, 5.41) is 2.76. The van der Waals surface area contributed by atoms with Crippen LogP contribution in [0.15, 0.2) is 72.8 Å². The van der Waals surface area contributed by atoms with Crippen LogP contribution in [0.2, 0.25) is 0 Å². The summed E-state index contributed by atoms with van der Waals surface area (Å²) in [6.45, 7) is 13.5. The lowest BCUT2D eigenvalue weighted by Crippen LogP contribution is -1.93. The molecule has 0 spiro atoms. The molecule has 0 radical (unpaired) electrons. The lowest BCUT2D eigenvalue weighted by atomic mass is 9.87. The molecular formula is C36H30S4. The van der Waals surface area contributed by atoms with Gasteiger partial charge in [0.05, 0.1) is 0 Å². The van der Waals surface area contributed by atoms with Gasteiger partial charge in [-0.15, -0.1) is 45.3 Å². The van der Waals surface area contributed by atoms with Gasteiger partial charge in [-0.2, -0.15) is 0 Å². The van der Waals surface area contributed by atoms with Crippen molar-refractivity contribution in [3.8, 4) is 41.8 Å². The standard InChI is InChI=1S/C36H30S4/c1-19-9-7-10-20(2)31(19)33-25-17-29(27-15-13-23(5)37-27)40-36(25)34(32-21(3)11-8-12-22(32)4)26-18-30(39-35(26)33)28-16-14-24(6)38-28/h7-18H,1-6H3. The monoisotopic (exact) mass is 590 g/mol. The molecule has 0 unspecified atom stereocenters. The lowest BCUT2D eigenvalue weighted by Gasteiger charge is -2.18. The Morgan fingerprint density at radius 3 is 1.07 bits per heavy atom. The topological polar surface area (TPSA) is 0 Å². The van der Waals surface area contributed by atoms with Gasteiger partial charge in [-0.3, -0.25) is 0 Å². The molecule has 0 N–H and O–H groups in total. The van der Waals surface area contributed by atoms with Gasteiger partial charge in [0.15, 0.2) is 0 Å². The van der Waals surface area contributed by atoms with Crippen LogP contribution in [0.4, 0.5) is 0 Å². The minimum Gasteiger partial charge on any atom is -0.140 e. The number of hydrogen-bond acceptors (Lipinski definition) is 4. The number of benzene rings is 3. The van der Waals surface area contributed by atoms with Crippen molar-refractivity contribution in [2.45, 2.75) is 41.5 Å². The average Bonchev–Trinajstić information content (AvgIpc) is 3.70. The number of fused-ring (bicyclic) bond motifs is 2. The first-order chi connectivity index (χ1) is 19.3. The van der Waals surface area contributed by atoms with E-state index in [1.807, 2.05) is 45.3 Å². The normalized spacial score (nSPS) is 11.8. The van der Waals surface area contributed by atoms with E-state index in [2.05, 4.69) is 114 Å². The molecule has 4 aromatic heterocycles. The Kier molecular flexibility index (Phi) is 6.36. The van der Waals surface area contributed by atoms with Crippen molar-refractivity contribution >= 4 is 65.5 Å². The number of rotatable bonds is 4.